The molecule has 0 spiro atoms. The lowest BCUT2D eigenvalue weighted by Gasteiger charge is -2.22. The van der Waals surface area contributed by atoms with Crippen LogP contribution in [0.15, 0.2) is 0 Å². The van der Waals surface area contributed by atoms with E-state index in [1.165, 1.54) is 0 Å². The molecule has 0 rings (SSSR count). The van der Waals surface area contributed by atoms with E-state index in [4.69, 9.17) is 15.3 Å². The van der Waals surface area contributed by atoms with Crippen molar-refractivity contribution in [1.29, 1.82) is 0 Å². The summed E-state index contributed by atoms with van der Waals surface area (Å²) < 4.78 is 0. The van der Waals surface area contributed by atoms with Gasteiger partial charge < -0.3 is 20.2 Å². The maximum absolute atomic E-state index is 8.77. The van der Waals surface area contributed by atoms with Gasteiger partial charge in [-0.3, -0.25) is 0 Å². The van der Waals surface area contributed by atoms with E-state index in [1.54, 1.807) is 0 Å². The van der Waals surface area contributed by atoms with E-state index in [9.17, 15) is 0 Å². The van der Waals surface area contributed by atoms with Crippen molar-refractivity contribution in [2.24, 2.45) is 0 Å². The third-order valence-corrected chi connectivity index (χ3v) is 3.40. The molecule has 116 valence electrons. The van der Waals surface area contributed by atoms with Crippen LogP contribution in [0.2, 0.25) is 0 Å². The maximum Gasteiger partial charge on any atom is 0.0431 e. The second-order valence-corrected chi connectivity index (χ2v) is 5.19. The Morgan fingerprint density at radius 2 is 0.737 bits per heavy atom. The van der Waals surface area contributed by atoms with Crippen molar-refractivity contribution in [3.05, 3.63) is 0 Å². The first kappa shape index (κ1) is 18.8. The van der Waals surface area contributed by atoms with Gasteiger partial charge in [0, 0.05) is 19.8 Å². The summed E-state index contributed by atoms with van der Waals surface area (Å²) >= 11 is 0. The van der Waals surface area contributed by atoms with E-state index in [0.29, 0.717) is 19.8 Å². The van der Waals surface area contributed by atoms with Gasteiger partial charge in [-0.05, 0) is 77.4 Å². The Balaban J connectivity index is 3.66. The van der Waals surface area contributed by atoms with Crippen molar-refractivity contribution in [3.63, 3.8) is 0 Å². The number of hydrogen-bond acceptors (Lipinski definition) is 4. The molecule has 0 aromatic carbocycles. The number of unbranched alkanes of at least 4 members (excludes halogenated alkanes) is 6. The molecule has 4 heteroatoms. The van der Waals surface area contributed by atoms with Gasteiger partial charge in [-0.25, -0.2) is 0 Å². The van der Waals surface area contributed by atoms with Gasteiger partial charge in [-0.1, -0.05) is 0 Å². The zero-order valence-electron chi connectivity index (χ0n) is 12.4. The third kappa shape index (κ3) is 14.1. The zero-order valence-corrected chi connectivity index (χ0v) is 12.4. The summed E-state index contributed by atoms with van der Waals surface area (Å²) in [5, 5.41) is 26.3. The summed E-state index contributed by atoms with van der Waals surface area (Å²) in [5.74, 6) is 0. The van der Waals surface area contributed by atoms with Crippen LogP contribution in [-0.2, 0) is 0 Å². The standard InChI is InChI=1S/C15H33NO3/c17-13-7-1-4-10-16(11-5-2-8-14-18)12-6-3-9-15-19/h17-19H,1-15H2. The Hall–Kier alpha value is -0.160. The normalized spacial score (nSPS) is 11.4. The lowest BCUT2D eigenvalue weighted by molar-refractivity contribution is 0.232. The van der Waals surface area contributed by atoms with Gasteiger partial charge in [0.15, 0.2) is 0 Å². The molecule has 4 nitrogen and oxygen atoms in total. The number of nitrogens with zero attached hydrogens (tertiary/aromatic N) is 1. The molecule has 0 bridgehead atoms. The minimum absolute atomic E-state index is 0.299. The van der Waals surface area contributed by atoms with Gasteiger partial charge in [0.05, 0.1) is 0 Å². The summed E-state index contributed by atoms with van der Waals surface area (Å²) in [6.45, 7) is 4.22. The Morgan fingerprint density at radius 1 is 0.421 bits per heavy atom. The summed E-state index contributed by atoms with van der Waals surface area (Å²) in [4.78, 5) is 2.49. The highest BCUT2D eigenvalue weighted by Gasteiger charge is 2.04. The first-order valence-electron chi connectivity index (χ1n) is 7.90. The van der Waals surface area contributed by atoms with Crippen LogP contribution in [0, 0.1) is 0 Å². The molecule has 0 radical (unpaired) electrons. The van der Waals surface area contributed by atoms with Crippen molar-refractivity contribution in [1.82, 2.24) is 4.90 Å². The van der Waals surface area contributed by atoms with Crippen molar-refractivity contribution >= 4 is 0 Å². The second kappa shape index (κ2) is 15.9. The van der Waals surface area contributed by atoms with Gasteiger partial charge >= 0.3 is 0 Å². The molecular formula is C15H33NO3. The number of aliphatic hydroxyl groups is 3. The van der Waals surface area contributed by atoms with E-state index in [2.05, 4.69) is 4.90 Å². The number of rotatable bonds is 15. The molecule has 19 heavy (non-hydrogen) atoms. The predicted molar refractivity (Wildman–Crippen MR) is 79.3 cm³/mol. The molecular weight excluding hydrogens is 242 g/mol. The largest absolute Gasteiger partial charge is 0.396 e. The van der Waals surface area contributed by atoms with Crippen LogP contribution < -0.4 is 0 Å². The molecule has 0 aliphatic carbocycles. The summed E-state index contributed by atoms with van der Waals surface area (Å²) in [6.07, 6.45) is 9.47. The van der Waals surface area contributed by atoms with E-state index < -0.39 is 0 Å². The molecule has 0 aromatic heterocycles. The van der Waals surface area contributed by atoms with Crippen LogP contribution in [0.4, 0.5) is 0 Å². The molecule has 0 heterocycles. The maximum atomic E-state index is 8.77. The highest BCUT2D eigenvalue weighted by Crippen LogP contribution is 2.05. The Labute approximate surface area is 118 Å². The lowest BCUT2D eigenvalue weighted by atomic mass is 10.2. The quantitative estimate of drug-likeness (QED) is 0.399. The monoisotopic (exact) mass is 275 g/mol. The Morgan fingerprint density at radius 3 is 1.00 bits per heavy atom. The van der Waals surface area contributed by atoms with E-state index in [-0.39, 0.29) is 0 Å². The van der Waals surface area contributed by atoms with Crippen LogP contribution in [-0.4, -0.2) is 59.7 Å². The van der Waals surface area contributed by atoms with E-state index in [0.717, 1.165) is 77.4 Å². The van der Waals surface area contributed by atoms with Gasteiger partial charge in [-0.2, -0.15) is 0 Å². The van der Waals surface area contributed by atoms with Gasteiger partial charge in [0.25, 0.3) is 0 Å². The molecule has 0 aliphatic heterocycles. The van der Waals surface area contributed by atoms with Crippen molar-refractivity contribution in [2.45, 2.75) is 57.8 Å². The van der Waals surface area contributed by atoms with Crippen molar-refractivity contribution < 1.29 is 15.3 Å². The van der Waals surface area contributed by atoms with Crippen molar-refractivity contribution in [3.8, 4) is 0 Å². The molecule has 0 aliphatic rings. The third-order valence-electron chi connectivity index (χ3n) is 3.40. The predicted octanol–water partition coefficient (Wildman–Crippen LogP) is 1.78. The molecule has 0 saturated carbocycles. The molecule has 0 saturated heterocycles. The lowest BCUT2D eigenvalue weighted by Crippen LogP contribution is -2.27. The Kier molecular flexibility index (Phi) is 15.8. The number of aliphatic hydroxyl groups excluding tert-OH is 3. The minimum Gasteiger partial charge on any atom is -0.396 e. The van der Waals surface area contributed by atoms with Crippen molar-refractivity contribution in [2.75, 3.05) is 39.5 Å². The van der Waals surface area contributed by atoms with Crippen LogP contribution in [0.25, 0.3) is 0 Å². The molecule has 0 unspecified atom stereocenters. The highest BCUT2D eigenvalue weighted by atomic mass is 16.3. The zero-order chi connectivity index (χ0) is 14.2. The van der Waals surface area contributed by atoms with Crippen LogP contribution >= 0.6 is 0 Å². The highest BCUT2D eigenvalue weighted by molar-refractivity contribution is 4.59. The number of hydrogen-bond donors (Lipinski definition) is 3. The summed E-state index contributed by atoms with van der Waals surface area (Å²) in [7, 11) is 0. The molecule has 0 amide bonds. The fraction of sp³-hybridized carbons (Fsp3) is 1.00. The van der Waals surface area contributed by atoms with E-state index >= 15 is 0 Å². The first-order chi connectivity index (χ1) is 9.35. The van der Waals surface area contributed by atoms with Gasteiger partial charge in [0.2, 0.25) is 0 Å². The Bertz CT molecular complexity index is 139. The SMILES string of the molecule is OCCCCCN(CCCCCO)CCCCCO. The fourth-order valence-corrected chi connectivity index (χ4v) is 2.21. The van der Waals surface area contributed by atoms with Gasteiger partial charge in [0.1, 0.15) is 0 Å². The molecule has 3 N–H and O–H groups in total. The molecule has 0 fully saturated rings. The average molecular weight is 275 g/mol. The van der Waals surface area contributed by atoms with Gasteiger partial charge in [-0.15, -0.1) is 0 Å². The smallest absolute Gasteiger partial charge is 0.0431 e. The summed E-state index contributed by atoms with van der Waals surface area (Å²) in [6, 6.07) is 0. The average Bonchev–Trinajstić information content (AvgIpc) is 2.43. The van der Waals surface area contributed by atoms with Crippen LogP contribution in [0.5, 0.6) is 0 Å². The first-order valence-corrected chi connectivity index (χ1v) is 7.90. The minimum atomic E-state index is 0.299. The summed E-state index contributed by atoms with van der Waals surface area (Å²) in [5.41, 5.74) is 0. The molecule has 0 aromatic rings. The molecule has 0 atom stereocenters. The van der Waals surface area contributed by atoms with Crippen LogP contribution in [0.1, 0.15) is 57.8 Å². The fourth-order valence-electron chi connectivity index (χ4n) is 2.21. The van der Waals surface area contributed by atoms with Crippen LogP contribution in [0.3, 0.4) is 0 Å². The topological polar surface area (TPSA) is 63.9 Å². The second-order valence-electron chi connectivity index (χ2n) is 5.19. The van der Waals surface area contributed by atoms with E-state index in [1.807, 2.05) is 0 Å².